The van der Waals surface area contributed by atoms with Crippen LogP contribution in [0.4, 0.5) is 13.2 Å². The smallest absolute Gasteiger partial charge is 0.419 e. The summed E-state index contributed by atoms with van der Waals surface area (Å²) >= 11 is 0. The number of hydrogen-bond acceptors (Lipinski definition) is 8. The number of ether oxygens (including phenoxy) is 1. The number of fused-ring (bicyclic) bond motifs is 1. The van der Waals surface area contributed by atoms with E-state index >= 15 is 0 Å². The molecule has 4 rings (SSSR count). The second kappa shape index (κ2) is 7.92. The Bertz CT molecular complexity index is 1340. The zero-order valence-corrected chi connectivity index (χ0v) is 17.2. The largest absolute Gasteiger partial charge is 0.483 e. The van der Waals surface area contributed by atoms with Gasteiger partial charge < -0.3 is 9.26 Å². The van der Waals surface area contributed by atoms with Crippen LogP contribution in [0.1, 0.15) is 42.7 Å². The number of halogens is 3. The van der Waals surface area contributed by atoms with Crippen LogP contribution in [0.25, 0.3) is 22.3 Å². The van der Waals surface area contributed by atoms with Gasteiger partial charge in [-0.3, -0.25) is 0 Å². The van der Waals surface area contributed by atoms with E-state index in [4.69, 9.17) is 9.26 Å². The van der Waals surface area contributed by atoms with Gasteiger partial charge in [-0.15, -0.1) is 5.10 Å². The van der Waals surface area contributed by atoms with E-state index in [-0.39, 0.29) is 40.9 Å². The molecule has 9 nitrogen and oxygen atoms in total. The summed E-state index contributed by atoms with van der Waals surface area (Å²) in [7, 11) is 1.61. The number of hydrogen-bond donors (Lipinski definition) is 0. The third-order valence-corrected chi connectivity index (χ3v) is 4.64. The first-order chi connectivity index (χ1) is 15.2. The van der Waals surface area contributed by atoms with Crippen LogP contribution in [-0.2, 0) is 19.8 Å². The van der Waals surface area contributed by atoms with E-state index in [1.807, 2.05) is 19.9 Å². The Morgan fingerprint density at radius 1 is 1.22 bits per heavy atom. The van der Waals surface area contributed by atoms with E-state index in [1.54, 1.807) is 7.05 Å². The predicted octanol–water partition coefficient (Wildman–Crippen LogP) is 4.01. The molecule has 0 radical (unpaired) electrons. The molecule has 4 aromatic rings. The first kappa shape index (κ1) is 21.2. The Balaban J connectivity index is 1.70. The van der Waals surface area contributed by atoms with Crippen LogP contribution in [0.2, 0.25) is 0 Å². The summed E-state index contributed by atoms with van der Waals surface area (Å²) in [5, 5.41) is 20.8. The zero-order valence-electron chi connectivity index (χ0n) is 17.2. The minimum atomic E-state index is -4.69. The minimum absolute atomic E-state index is 0.00953. The van der Waals surface area contributed by atoms with E-state index in [0.29, 0.717) is 11.3 Å². The molecular formula is C20H16F3N7O2. The Morgan fingerprint density at radius 3 is 2.66 bits per heavy atom. The number of aromatic nitrogens is 6. The highest BCUT2D eigenvalue weighted by Crippen LogP contribution is 2.39. The number of alkyl halides is 3. The Kier molecular flexibility index (Phi) is 5.25. The van der Waals surface area contributed by atoms with Crippen molar-refractivity contribution >= 4 is 11.0 Å². The van der Waals surface area contributed by atoms with Crippen molar-refractivity contribution in [1.82, 2.24) is 30.1 Å². The van der Waals surface area contributed by atoms with E-state index < -0.39 is 17.5 Å². The molecular weight excluding hydrogens is 427 g/mol. The van der Waals surface area contributed by atoms with Gasteiger partial charge in [-0.25, -0.2) is 9.67 Å². The highest BCUT2D eigenvalue weighted by Gasteiger charge is 2.35. The van der Waals surface area contributed by atoms with Crippen LogP contribution >= 0.6 is 0 Å². The lowest BCUT2D eigenvalue weighted by molar-refractivity contribution is -0.139. The summed E-state index contributed by atoms with van der Waals surface area (Å²) < 4.78 is 53.1. The summed E-state index contributed by atoms with van der Waals surface area (Å²) in [6, 6.07) is 6.96. The van der Waals surface area contributed by atoms with Crippen LogP contribution in [-0.4, -0.2) is 30.1 Å². The molecule has 0 N–H and O–H groups in total. The van der Waals surface area contributed by atoms with E-state index in [9.17, 15) is 18.4 Å². The average molecular weight is 443 g/mol. The maximum atomic E-state index is 13.8. The molecule has 0 amide bonds. The normalized spacial score (nSPS) is 11.8. The summed E-state index contributed by atoms with van der Waals surface area (Å²) in [4.78, 5) is 8.24. The third-order valence-electron chi connectivity index (χ3n) is 4.64. The molecule has 0 saturated carbocycles. The van der Waals surface area contributed by atoms with Crippen molar-refractivity contribution in [3.8, 4) is 23.1 Å². The third kappa shape index (κ3) is 3.96. The summed E-state index contributed by atoms with van der Waals surface area (Å²) in [6.45, 7) is 3.41. The van der Waals surface area contributed by atoms with Crippen molar-refractivity contribution in [2.24, 2.45) is 7.05 Å². The van der Waals surface area contributed by atoms with Gasteiger partial charge in [0.2, 0.25) is 0 Å². The lowest BCUT2D eigenvalue weighted by Gasteiger charge is -2.14. The monoisotopic (exact) mass is 443 g/mol. The van der Waals surface area contributed by atoms with Gasteiger partial charge in [0.25, 0.3) is 5.89 Å². The predicted molar refractivity (Wildman–Crippen MR) is 104 cm³/mol. The molecule has 0 fully saturated rings. The topological polar surface area (TPSA) is 116 Å². The fourth-order valence-corrected chi connectivity index (χ4v) is 2.99. The SMILES string of the molecule is CC(C)c1noc(COc2ccc(-c3cc4c(nnn4C)c(C#N)n3)cc2C(F)(F)F)n1. The molecule has 0 unspecified atom stereocenters. The molecule has 0 spiro atoms. The fraction of sp³-hybridized carbons (Fsp3) is 0.300. The van der Waals surface area contributed by atoms with Crippen molar-refractivity contribution in [2.75, 3.05) is 0 Å². The number of rotatable bonds is 5. The quantitative estimate of drug-likeness (QED) is 0.454. The lowest BCUT2D eigenvalue weighted by atomic mass is 10.1. The number of aryl methyl sites for hydroxylation is 1. The number of pyridine rings is 1. The summed E-state index contributed by atoms with van der Waals surface area (Å²) in [5.41, 5.74) is 0.0472. The van der Waals surface area contributed by atoms with Crippen LogP contribution in [0.3, 0.4) is 0 Å². The van der Waals surface area contributed by atoms with Crippen molar-refractivity contribution in [3.05, 3.63) is 47.2 Å². The Labute approximate surface area is 179 Å². The lowest BCUT2D eigenvalue weighted by Crippen LogP contribution is -2.09. The van der Waals surface area contributed by atoms with Crippen LogP contribution in [0, 0.1) is 11.3 Å². The van der Waals surface area contributed by atoms with Gasteiger partial charge >= 0.3 is 6.18 Å². The van der Waals surface area contributed by atoms with Crippen LogP contribution in [0.15, 0.2) is 28.8 Å². The molecule has 0 aliphatic rings. The maximum absolute atomic E-state index is 13.8. The molecule has 3 aromatic heterocycles. The first-order valence-corrected chi connectivity index (χ1v) is 9.44. The molecule has 12 heteroatoms. The molecule has 3 heterocycles. The van der Waals surface area contributed by atoms with Crippen molar-refractivity contribution < 1.29 is 22.4 Å². The zero-order chi connectivity index (χ0) is 23.0. The second-order valence-electron chi connectivity index (χ2n) is 7.25. The molecule has 0 aliphatic carbocycles. The molecule has 0 aliphatic heterocycles. The first-order valence-electron chi connectivity index (χ1n) is 9.44. The van der Waals surface area contributed by atoms with Gasteiger partial charge in [-0.1, -0.05) is 24.2 Å². The van der Waals surface area contributed by atoms with Gasteiger partial charge in [-0.2, -0.15) is 23.4 Å². The molecule has 0 saturated heterocycles. The average Bonchev–Trinajstić information content (AvgIpc) is 3.38. The minimum Gasteiger partial charge on any atom is -0.483 e. The highest BCUT2D eigenvalue weighted by molar-refractivity contribution is 5.83. The van der Waals surface area contributed by atoms with E-state index in [0.717, 1.165) is 6.07 Å². The number of benzene rings is 1. The Morgan fingerprint density at radius 2 is 2.00 bits per heavy atom. The molecule has 0 atom stereocenters. The van der Waals surface area contributed by atoms with E-state index in [2.05, 4.69) is 25.4 Å². The van der Waals surface area contributed by atoms with Gasteiger partial charge in [-0.05, 0) is 24.3 Å². The van der Waals surface area contributed by atoms with Gasteiger partial charge in [0.15, 0.2) is 18.1 Å². The number of nitriles is 1. The molecule has 1 aromatic carbocycles. The van der Waals surface area contributed by atoms with Gasteiger partial charge in [0.05, 0.1) is 16.8 Å². The highest BCUT2D eigenvalue weighted by atomic mass is 19.4. The Hall–Kier alpha value is -4.01. The van der Waals surface area contributed by atoms with Crippen LogP contribution < -0.4 is 4.74 Å². The number of nitrogens with zero attached hydrogens (tertiary/aromatic N) is 7. The van der Waals surface area contributed by atoms with Crippen molar-refractivity contribution in [1.29, 1.82) is 5.26 Å². The van der Waals surface area contributed by atoms with E-state index in [1.165, 1.54) is 22.9 Å². The molecule has 164 valence electrons. The maximum Gasteiger partial charge on any atom is 0.419 e. The molecule has 0 bridgehead atoms. The second-order valence-corrected chi connectivity index (χ2v) is 7.25. The van der Waals surface area contributed by atoms with Crippen molar-refractivity contribution in [2.45, 2.75) is 32.5 Å². The fourth-order valence-electron chi connectivity index (χ4n) is 2.99. The van der Waals surface area contributed by atoms with Gasteiger partial charge in [0.1, 0.15) is 17.3 Å². The summed E-state index contributed by atoms with van der Waals surface area (Å²) in [5.74, 6) is 0.124. The van der Waals surface area contributed by atoms with Crippen LogP contribution in [0.5, 0.6) is 5.75 Å². The molecule has 32 heavy (non-hydrogen) atoms. The van der Waals surface area contributed by atoms with Gasteiger partial charge in [0, 0.05) is 18.5 Å². The standard InChI is InChI=1S/C20H16F3N7O2/c1-10(2)19-26-17(32-28-19)9-31-16-5-4-11(6-12(16)20(21,22)23)13-7-15-18(14(8-24)25-13)27-29-30(15)3/h4-7,10H,9H2,1-3H3. The van der Waals surface area contributed by atoms with Crippen molar-refractivity contribution in [3.63, 3.8) is 0 Å². The summed E-state index contributed by atoms with van der Waals surface area (Å²) in [6.07, 6.45) is -4.69.